The van der Waals surface area contributed by atoms with Gasteiger partial charge < -0.3 is 5.32 Å². The summed E-state index contributed by atoms with van der Waals surface area (Å²) in [7, 11) is 0. The number of nitrogens with zero attached hydrogens (tertiary/aromatic N) is 1. The quantitative estimate of drug-likeness (QED) is 0.923. The Balaban J connectivity index is 2.00. The average Bonchev–Trinajstić information content (AvgIpc) is 2.37. The number of aromatic nitrogens is 1. The maximum atomic E-state index is 4.49. The van der Waals surface area contributed by atoms with E-state index >= 15 is 0 Å². The molecule has 0 aliphatic heterocycles. The third-order valence-corrected chi connectivity index (χ3v) is 3.63. The van der Waals surface area contributed by atoms with Crippen LogP contribution in [0.3, 0.4) is 0 Å². The van der Waals surface area contributed by atoms with E-state index in [0.717, 1.165) is 22.4 Å². The van der Waals surface area contributed by atoms with Crippen molar-refractivity contribution in [1.82, 2.24) is 10.3 Å². The number of hydrogen-bond donors (Lipinski definition) is 1. The second kappa shape index (κ2) is 6.12. The molecule has 0 spiro atoms. The van der Waals surface area contributed by atoms with Gasteiger partial charge in [-0.05, 0) is 37.6 Å². The van der Waals surface area contributed by atoms with Crippen LogP contribution in [0.2, 0.25) is 0 Å². The molecule has 18 heavy (non-hydrogen) atoms. The van der Waals surface area contributed by atoms with E-state index in [0.29, 0.717) is 6.04 Å². The molecule has 0 saturated carbocycles. The Kier molecular flexibility index (Phi) is 4.50. The number of pyridine rings is 1. The van der Waals surface area contributed by atoms with Gasteiger partial charge in [-0.3, -0.25) is 4.98 Å². The highest BCUT2D eigenvalue weighted by Gasteiger charge is 2.08. The van der Waals surface area contributed by atoms with Gasteiger partial charge in [-0.25, -0.2) is 0 Å². The smallest absolute Gasteiger partial charge is 0.0545 e. The molecule has 0 radical (unpaired) electrons. The standard InChI is InChI=1S/C15H17BrN2/c1-11-6-5-7-13(18-11)10-17-12(2)14-8-3-4-9-15(14)16/h3-9,12,17H,10H2,1-2H3/t12-/m1/s1. The summed E-state index contributed by atoms with van der Waals surface area (Å²) in [6.45, 7) is 4.96. The van der Waals surface area contributed by atoms with Crippen LogP contribution in [0.5, 0.6) is 0 Å². The van der Waals surface area contributed by atoms with Crippen LogP contribution in [-0.2, 0) is 6.54 Å². The summed E-state index contributed by atoms with van der Waals surface area (Å²) < 4.78 is 1.14. The van der Waals surface area contributed by atoms with Gasteiger partial charge in [0.05, 0.1) is 5.69 Å². The molecule has 2 nitrogen and oxygen atoms in total. The van der Waals surface area contributed by atoms with E-state index in [-0.39, 0.29) is 0 Å². The first-order valence-electron chi connectivity index (χ1n) is 6.07. The zero-order valence-corrected chi connectivity index (χ0v) is 12.2. The molecular formula is C15H17BrN2. The predicted octanol–water partition coefficient (Wildman–Crippen LogP) is 4.00. The monoisotopic (exact) mass is 304 g/mol. The Morgan fingerprint density at radius 1 is 1.17 bits per heavy atom. The third kappa shape index (κ3) is 3.40. The molecule has 3 heteroatoms. The first-order valence-corrected chi connectivity index (χ1v) is 6.86. The van der Waals surface area contributed by atoms with Crippen LogP contribution < -0.4 is 5.32 Å². The SMILES string of the molecule is Cc1cccc(CN[C@H](C)c2ccccc2Br)n1. The summed E-state index contributed by atoms with van der Waals surface area (Å²) >= 11 is 3.58. The van der Waals surface area contributed by atoms with Gasteiger partial charge in [0.15, 0.2) is 0 Å². The van der Waals surface area contributed by atoms with Crippen molar-refractivity contribution in [3.05, 3.63) is 63.9 Å². The van der Waals surface area contributed by atoms with E-state index < -0.39 is 0 Å². The first-order chi connectivity index (χ1) is 8.66. The van der Waals surface area contributed by atoms with Gasteiger partial charge in [-0.2, -0.15) is 0 Å². The molecule has 1 aromatic carbocycles. The number of benzene rings is 1. The summed E-state index contributed by atoms with van der Waals surface area (Å²) in [5.41, 5.74) is 3.40. The van der Waals surface area contributed by atoms with Crippen LogP contribution >= 0.6 is 15.9 Å². The number of aryl methyl sites for hydroxylation is 1. The second-order valence-corrected chi connectivity index (χ2v) is 5.25. The molecule has 2 aromatic rings. The van der Waals surface area contributed by atoms with E-state index in [1.165, 1.54) is 5.56 Å². The van der Waals surface area contributed by atoms with Gasteiger partial charge in [0.1, 0.15) is 0 Å². The first kappa shape index (κ1) is 13.2. The van der Waals surface area contributed by atoms with Crippen molar-refractivity contribution in [1.29, 1.82) is 0 Å². The summed E-state index contributed by atoms with van der Waals surface area (Å²) in [5, 5.41) is 3.49. The van der Waals surface area contributed by atoms with Gasteiger partial charge in [-0.1, -0.05) is 40.2 Å². The van der Waals surface area contributed by atoms with E-state index in [1.54, 1.807) is 0 Å². The number of halogens is 1. The van der Waals surface area contributed by atoms with Crippen molar-refractivity contribution in [2.75, 3.05) is 0 Å². The van der Waals surface area contributed by atoms with Crippen LogP contribution in [0.25, 0.3) is 0 Å². The zero-order valence-electron chi connectivity index (χ0n) is 10.7. The summed E-state index contributed by atoms with van der Waals surface area (Å²) in [6.07, 6.45) is 0. The van der Waals surface area contributed by atoms with E-state index in [1.807, 2.05) is 31.2 Å². The van der Waals surface area contributed by atoms with Gasteiger partial charge in [-0.15, -0.1) is 0 Å². The summed E-state index contributed by atoms with van der Waals surface area (Å²) in [6, 6.07) is 14.7. The third-order valence-electron chi connectivity index (χ3n) is 2.91. The number of rotatable bonds is 4. The highest BCUT2D eigenvalue weighted by molar-refractivity contribution is 9.10. The fourth-order valence-corrected chi connectivity index (χ4v) is 2.52. The van der Waals surface area contributed by atoms with Crippen molar-refractivity contribution < 1.29 is 0 Å². The van der Waals surface area contributed by atoms with Crippen LogP contribution in [0.15, 0.2) is 46.9 Å². The van der Waals surface area contributed by atoms with E-state index in [2.05, 4.69) is 51.4 Å². The minimum atomic E-state index is 0.294. The fraction of sp³-hybridized carbons (Fsp3) is 0.267. The van der Waals surface area contributed by atoms with Crippen LogP contribution in [-0.4, -0.2) is 4.98 Å². The highest BCUT2D eigenvalue weighted by Crippen LogP contribution is 2.22. The minimum Gasteiger partial charge on any atom is -0.305 e. The molecule has 0 aliphatic carbocycles. The van der Waals surface area contributed by atoms with Crippen molar-refractivity contribution in [3.8, 4) is 0 Å². The Morgan fingerprint density at radius 2 is 1.94 bits per heavy atom. The second-order valence-electron chi connectivity index (χ2n) is 4.39. The molecule has 1 heterocycles. The highest BCUT2D eigenvalue weighted by atomic mass is 79.9. The molecule has 1 N–H and O–H groups in total. The fourth-order valence-electron chi connectivity index (χ4n) is 1.89. The van der Waals surface area contributed by atoms with Gasteiger partial charge in [0, 0.05) is 22.8 Å². The van der Waals surface area contributed by atoms with Gasteiger partial charge in [0.2, 0.25) is 0 Å². The minimum absolute atomic E-state index is 0.294. The lowest BCUT2D eigenvalue weighted by atomic mass is 10.1. The van der Waals surface area contributed by atoms with Crippen LogP contribution in [0, 0.1) is 6.92 Å². The van der Waals surface area contributed by atoms with Gasteiger partial charge >= 0.3 is 0 Å². The molecule has 1 aromatic heterocycles. The van der Waals surface area contributed by atoms with Crippen LogP contribution in [0.4, 0.5) is 0 Å². The number of nitrogens with one attached hydrogen (secondary N) is 1. The molecule has 0 bridgehead atoms. The normalized spacial score (nSPS) is 12.4. The molecule has 0 saturated heterocycles. The Labute approximate surface area is 117 Å². The lowest BCUT2D eigenvalue weighted by Crippen LogP contribution is -2.19. The number of hydrogen-bond acceptors (Lipinski definition) is 2. The molecule has 2 rings (SSSR count). The largest absolute Gasteiger partial charge is 0.305 e. The molecule has 0 aliphatic rings. The van der Waals surface area contributed by atoms with Crippen molar-refractivity contribution in [2.24, 2.45) is 0 Å². The van der Waals surface area contributed by atoms with E-state index in [4.69, 9.17) is 0 Å². The van der Waals surface area contributed by atoms with Crippen molar-refractivity contribution in [3.63, 3.8) is 0 Å². The van der Waals surface area contributed by atoms with Crippen LogP contribution in [0.1, 0.15) is 29.9 Å². The molecule has 0 fully saturated rings. The molecule has 1 atom stereocenters. The van der Waals surface area contributed by atoms with Crippen molar-refractivity contribution in [2.45, 2.75) is 26.4 Å². The maximum Gasteiger partial charge on any atom is 0.0545 e. The Hall–Kier alpha value is -1.19. The molecule has 94 valence electrons. The zero-order chi connectivity index (χ0) is 13.0. The van der Waals surface area contributed by atoms with E-state index in [9.17, 15) is 0 Å². The average molecular weight is 305 g/mol. The van der Waals surface area contributed by atoms with Gasteiger partial charge in [0.25, 0.3) is 0 Å². The Morgan fingerprint density at radius 3 is 2.67 bits per heavy atom. The molecular weight excluding hydrogens is 288 g/mol. The summed E-state index contributed by atoms with van der Waals surface area (Å²) in [4.78, 5) is 4.49. The lowest BCUT2D eigenvalue weighted by molar-refractivity contribution is 0.565. The lowest BCUT2D eigenvalue weighted by Gasteiger charge is -2.15. The summed E-state index contributed by atoms with van der Waals surface area (Å²) in [5.74, 6) is 0. The Bertz CT molecular complexity index is 525. The van der Waals surface area contributed by atoms with Crippen molar-refractivity contribution >= 4 is 15.9 Å². The maximum absolute atomic E-state index is 4.49. The topological polar surface area (TPSA) is 24.9 Å². The molecule has 0 amide bonds. The molecule has 0 unspecified atom stereocenters. The predicted molar refractivity (Wildman–Crippen MR) is 78.4 cm³/mol.